The van der Waals surface area contributed by atoms with Gasteiger partial charge in [0.25, 0.3) is 0 Å². The van der Waals surface area contributed by atoms with Gasteiger partial charge in [-0.3, -0.25) is 47.9 Å². The van der Waals surface area contributed by atoms with Crippen LogP contribution in [0.15, 0.2) is 0 Å². The number of carbonyl (C=O) groups is 10. The van der Waals surface area contributed by atoms with E-state index >= 15 is 0 Å². The highest BCUT2D eigenvalue weighted by Crippen LogP contribution is 2.26. The minimum absolute atomic E-state index is 0. The van der Waals surface area contributed by atoms with Gasteiger partial charge in [0.1, 0.15) is 42.4 Å². The van der Waals surface area contributed by atoms with Crippen molar-refractivity contribution >= 4 is 58.9 Å². The number of Topliss-reactive ketones (excluding diaryl/α,β-unsaturated/α-hetero) is 4. The molecule has 0 saturated carbocycles. The van der Waals surface area contributed by atoms with Crippen molar-refractivity contribution < 1.29 is 85.8 Å². The summed E-state index contributed by atoms with van der Waals surface area (Å²) in [5, 5.41) is 0. The Morgan fingerprint density at radius 3 is 1.07 bits per heavy atom. The van der Waals surface area contributed by atoms with Crippen molar-refractivity contribution in [1.82, 2.24) is 0 Å². The van der Waals surface area contributed by atoms with Gasteiger partial charge in [-0.15, -0.1) is 0 Å². The van der Waals surface area contributed by atoms with Crippen molar-refractivity contribution in [1.29, 1.82) is 0 Å². The summed E-state index contributed by atoms with van der Waals surface area (Å²) in [6, 6.07) is 0. The highest BCUT2D eigenvalue weighted by Gasteiger charge is 2.35. The lowest BCUT2D eigenvalue weighted by Crippen LogP contribution is -2.42. The maximum Gasteiger partial charge on any atom is 0.317 e. The fourth-order valence-corrected chi connectivity index (χ4v) is 4.75. The third-order valence-electron chi connectivity index (χ3n) is 6.60. The van der Waals surface area contributed by atoms with Gasteiger partial charge in [-0.2, -0.15) is 0 Å². The predicted octanol–water partition coefficient (Wildman–Crippen LogP) is 6.46. The number of rotatable bonds is 24. The van der Waals surface area contributed by atoms with Crippen LogP contribution in [0, 0.1) is 0 Å². The first-order chi connectivity index (χ1) is 27.4. The molecule has 0 atom stereocenters. The quantitative estimate of drug-likeness (QED) is 0.0437. The molecule has 0 fully saturated rings. The second-order valence-electron chi connectivity index (χ2n) is 14.9. The van der Waals surface area contributed by atoms with Gasteiger partial charge < -0.3 is 37.9 Å². The molecule has 0 bridgehead atoms. The van der Waals surface area contributed by atoms with Crippen LogP contribution >= 0.6 is 0 Å². The van der Waals surface area contributed by atoms with Gasteiger partial charge >= 0.3 is 35.8 Å². The SMILES string of the molecule is C.CCC(=O)CC(=O)OC(C)(C)OC(C)(C)CC(=O)CC(C)=O.CCC(=O)CC(C)(C)OC(C)(C)OC(=O)CC.CCOC(=O)CC(=O)OC.CCOC(=O)CC(=O)OCC. The summed E-state index contributed by atoms with van der Waals surface area (Å²) < 4.78 is 39.4. The molecule has 18 heteroatoms. The Kier molecular flexibility index (Phi) is 36.6. The molecular weight excluding hydrogens is 804 g/mol. The van der Waals surface area contributed by atoms with Crippen LogP contribution in [0.4, 0.5) is 0 Å². The zero-order valence-electron chi connectivity index (χ0n) is 38.8. The molecule has 356 valence electrons. The van der Waals surface area contributed by atoms with E-state index in [1.165, 1.54) is 14.0 Å². The van der Waals surface area contributed by atoms with E-state index in [0.717, 1.165) is 0 Å². The van der Waals surface area contributed by atoms with Crippen LogP contribution in [0.1, 0.15) is 169 Å². The number of hydrogen-bond donors (Lipinski definition) is 0. The normalized spacial score (nSPS) is 10.8. The minimum Gasteiger partial charge on any atom is -0.469 e. The number of methoxy groups -OCH3 is 1. The molecule has 18 nitrogen and oxygen atoms in total. The molecule has 0 N–H and O–H groups in total. The average molecular weight is 881 g/mol. The van der Waals surface area contributed by atoms with Crippen LogP contribution in [-0.2, 0) is 85.8 Å². The zero-order chi connectivity index (χ0) is 47.9. The molecule has 0 unspecified atom stereocenters. The Labute approximate surface area is 363 Å². The largest absolute Gasteiger partial charge is 0.469 e. The van der Waals surface area contributed by atoms with E-state index in [9.17, 15) is 47.9 Å². The maximum atomic E-state index is 11.7. The van der Waals surface area contributed by atoms with Crippen molar-refractivity contribution in [2.24, 2.45) is 0 Å². The third kappa shape index (κ3) is 43.3. The molecule has 0 aromatic carbocycles. The number of hydrogen-bond acceptors (Lipinski definition) is 18. The van der Waals surface area contributed by atoms with Crippen molar-refractivity contribution in [3.05, 3.63) is 0 Å². The Hall–Kier alpha value is -4.58. The average Bonchev–Trinajstić information content (AvgIpc) is 3.06. The Morgan fingerprint density at radius 2 is 0.754 bits per heavy atom. The van der Waals surface area contributed by atoms with E-state index in [2.05, 4.69) is 18.9 Å². The summed E-state index contributed by atoms with van der Waals surface area (Å²) >= 11 is 0. The Morgan fingerprint density at radius 1 is 0.410 bits per heavy atom. The zero-order valence-corrected chi connectivity index (χ0v) is 38.8. The van der Waals surface area contributed by atoms with Gasteiger partial charge in [-0.25, -0.2) is 0 Å². The van der Waals surface area contributed by atoms with E-state index in [-0.39, 0.29) is 94.9 Å². The summed E-state index contributed by atoms with van der Waals surface area (Å²) in [6.45, 7) is 25.9. The highest BCUT2D eigenvalue weighted by molar-refractivity contribution is 5.98. The van der Waals surface area contributed by atoms with Crippen molar-refractivity contribution in [2.75, 3.05) is 26.9 Å². The summed E-state index contributed by atoms with van der Waals surface area (Å²) in [6.07, 6.45) is 0.375. The Bertz CT molecular complexity index is 1350. The number of esters is 6. The van der Waals surface area contributed by atoms with Crippen LogP contribution in [-0.4, -0.2) is 109 Å². The second-order valence-corrected chi connectivity index (χ2v) is 14.9. The molecule has 0 aliphatic rings. The van der Waals surface area contributed by atoms with Gasteiger partial charge in [0.05, 0.1) is 44.6 Å². The maximum absolute atomic E-state index is 11.7. The molecule has 0 spiro atoms. The predicted molar refractivity (Wildman–Crippen MR) is 224 cm³/mol. The van der Waals surface area contributed by atoms with Crippen molar-refractivity contribution in [3.63, 3.8) is 0 Å². The first kappa shape index (κ1) is 65.5. The van der Waals surface area contributed by atoms with Crippen LogP contribution in [0.2, 0.25) is 0 Å². The van der Waals surface area contributed by atoms with E-state index in [4.69, 9.17) is 18.9 Å². The molecule has 0 aromatic heterocycles. The van der Waals surface area contributed by atoms with Crippen molar-refractivity contribution in [2.45, 2.75) is 192 Å². The molecule has 0 heterocycles. The minimum atomic E-state index is -1.27. The fourth-order valence-electron chi connectivity index (χ4n) is 4.75. The number of carbonyl (C=O) groups excluding carboxylic acids is 10. The second kappa shape index (κ2) is 34.1. The van der Waals surface area contributed by atoms with E-state index < -0.39 is 52.6 Å². The Balaban J connectivity index is -0.000000239. The highest BCUT2D eigenvalue weighted by atomic mass is 16.7. The smallest absolute Gasteiger partial charge is 0.317 e. The lowest BCUT2D eigenvalue weighted by Gasteiger charge is -2.35. The monoisotopic (exact) mass is 881 g/mol. The van der Waals surface area contributed by atoms with Gasteiger partial charge in [0.2, 0.25) is 11.6 Å². The van der Waals surface area contributed by atoms with Crippen LogP contribution in [0.3, 0.4) is 0 Å². The molecule has 0 aliphatic heterocycles. The summed E-state index contributed by atoms with van der Waals surface area (Å²) in [7, 11) is 1.22. The van der Waals surface area contributed by atoms with E-state index in [1.807, 2.05) is 20.8 Å². The van der Waals surface area contributed by atoms with Gasteiger partial charge in [-0.05, 0) is 55.4 Å². The lowest BCUT2D eigenvalue weighted by molar-refractivity contribution is -0.254. The van der Waals surface area contributed by atoms with E-state index in [1.54, 1.807) is 76.2 Å². The van der Waals surface area contributed by atoms with Gasteiger partial charge in [-0.1, -0.05) is 28.2 Å². The number of ketones is 4. The first-order valence-corrected chi connectivity index (χ1v) is 19.8. The standard InChI is InChI=1S/C16H26O6.C13H24O4.C7H12O4.C6H10O4.CH4/c1-7-12(18)9-14(20)21-16(5,6)22-15(3,4)10-13(19)8-11(2)17;1-7-10(14)9-12(3,4)17-13(5,6)16-11(15)8-2;1-3-10-6(8)5-7(9)11-4-2;1-3-10-6(8)4-5(7)9-2;/h7-10H2,1-6H3;7-9H2,1-6H3;3-5H2,1-2H3;3-4H2,1-2H3;1H4. The van der Waals surface area contributed by atoms with E-state index in [0.29, 0.717) is 19.3 Å². The van der Waals surface area contributed by atoms with Gasteiger partial charge in [0, 0.05) is 59.8 Å². The van der Waals surface area contributed by atoms with Gasteiger partial charge in [0.15, 0.2) is 0 Å². The molecule has 0 radical (unpaired) electrons. The topological polar surface area (TPSA) is 245 Å². The molecular formula is C43H76O18. The molecule has 0 rings (SSSR count). The summed E-state index contributed by atoms with van der Waals surface area (Å²) in [5.41, 5.74) is -1.53. The number of ether oxygens (including phenoxy) is 8. The molecule has 0 saturated heterocycles. The molecule has 0 aromatic rings. The summed E-state index contributed by atoms with van der Waals surface area (Å²) in [4.78, 5) is 110. The van der Waals surface area contributed by atoms with Crippen LogP contribution in [0.5, 0.6) is 0 Å². The van der Waals surface area contributed by atoms with Crippen LogP contribution in [0.25, 0.3) is 0 Å². The molecule has 0 amide bonds. The van der Waals surface area contributed by atoms with Crippen LogP contribution < -0.4 is 0 Å². The summed E-state index contributed by atoms with van der Waals surface area (Å²) in [5.74, 6) is -5.97. The fraction of sp³-hybridized carbons (Fsp3) is 0.767. The van der Waals surface area contributed by atoms with Crippen molar-refractivity contribution in [3.8, 4) is 0 Å². The first-order valence-electron chi connectivity index (χ1n) is 19.8. The lowest BCUT2D eigenvalue weighted by atomic mass is 9.98. The molecule has 61 heavy (non-hydrogen) atoms. The third-order valence-corrected chi connectivity index (χ3v) is 6.60. The molecule has 0 aliphatic carbocycles.